The Morgan fingerprint density at radius 1 is 1.11 bits per heavy atom. The van der Waals surface area contributed by atoms with Crippen molar-refractivity contribution in [2.75, 3.05) is 12.8 Å². The summed E-state index contributed by atoms with van der Waals surface area (Å²) < 4.78 is 5.32. The highest BCUT2D eigenvalue weighted by atomic mass is 16.5. The van der Waals surface area contributed by atoms with Crippen LogP contribution in [0, 0.1) is 0 Å². The molecule has 0 amide bonds. The number of hydrogen-bond donors (Lipinski definition) is 3. The molecule has 19 heavy (non-hydrogen) atoms. The molecule has 96 valence electrons. The van der Waals surface area contributed by atoms with Gasteiger partial charge in [0.1, 0.15) is 11.5 Å². The maximum atomic E-state index is 9.32. The van der Waals surface area contributed by atoms with Gasteiger partial charge in [0.25, 0.3) is 0 Å². The van der Waals surface area contributed by atoms with Gasteiger partial charge < -0.3 is 20.6 Å². The van der Waals surface area contributed by atoms with Gasteiger partial charge >= 0.3 is 0 Å². The number of aromatic amines is 1. The predicted molar refractivity (Wildman–Crippen MR) is 76.4 cm³/mol. The first-order chi connectivity index (χ1) is 9.19. The van der Waals surface area contributed by atoms with E-state index in [1.165, 1.54) is 0 Å². The fourth-order valence-electron chi connectivity index (χ4n) is 2.18. The molecule has 4 N–H and O–H groups in total. The van der Waals surface area contributed by atoms with Crippen LogP contribution in [-0.2, 0) is 0 Å². The van der Waals surface area contributed by atoms with E-state index in [1.807, 2.05) is 30.3 Å². The van der Waals surface area contributed by atoms with Crippen LogP contribution in [0.25, 0.3) is 22.2 Å². The van der Waals surface area contributed by atoms with Gasteiger partial charge in [0.15, 0.2) is 0 Å². The molecular formula is C15H14N2O2. The first-order valence-electron chi connectivity index (χ1n) is 5.93. The normalized spacial score (nSPS) is 10.8. The fraction of sp³-hybridized carbons (Fsp3) is 0.0667. The molecular weight excluding hydrogens is 240 g/mol. The lowest BCUT2D eigenvalue weighted by Gasteiger charge is -2.02. The van der Waals surface area contributed by atoms with Crippen LogP contribution >= 0.6 is 0 Å². The van der Waals surface area contributed by atoms with Crippen molar-refractivity contribution in [1.29, 1.82) is 0 Å². The van der Waals surface area contributed by atoms with E-state index in [0.29, 0.717) is 5.69 Å². The van der Waals surface area contributed by atoms with Gasteiger partial charge in [-0.1, -0.05) is 0 Å². The maximum absolute atomic E-state index is 9.32. The lowest BCUT2D eigenvalue weighted by Crippen LogP contribution is -1.88. The van der Waals surface area contributed by atoms with E-state index < -0.39 is 0 Å². The molecule has 3 aromatic rings. The number of hydrogen-bond acceptors (Lipinski definition) is 3. The van der Waals surface area contributed by atoms with Gasteiger partial charge in [0.2, 0.25) is 0 Å². The minimum atomic E-state index is 0.247. The second-order valence-electron chi connectivity index (χ2n) is 4.38. The molecule has 1 heterocycles. The minimum absolute atomic E-state index is 0.247. The standard InChI is InChI=1S/C15H14N2O2/c1-19-14-7-6-12(16)11-8-13(17-15(11)14)9-2-4-10(18)5-3-9/h2-8,17-18H,16H2,1H3. The topological polar surface area (TPSA) is 71.3 Å². The molecule has 0 aliphatic carbocycles. The third-order valence-electron chi connectivity index (χ3n) is 3.19. The first kappa shape index (κ1) is 11.5. The monoisotopic (exact) mass is 254 g/mol. The molecule has 0 unspecified atom stereocenters. The Kier molecular flexibility index (Phi) is 2.56. The number of anilines is 1. The lowest BCUT2D eigenvalue weighted by atomic mass is 10.1. The highest BCUT2D eigenvalue weighted by molar-refractivity contribution is 5.98. The van der Waals surface area contributed by atoms with Crippen LogP contribution in [0.1, 0.15) is 0 Å². The molecule has 0 spiro atoms. The van der Waals surface area contributed by atoms with Crippen molar-refractivity contribution < 1.29 is 9.84 Å². The van der Waals surface area contributed by atoms with Gasteiger partial charge in [0.05, 0.1) is 12.6 Å². The molecule has 1 aromatic heterocycles. The summed E-state index contributed by atoms with van der Waals surface area (Å²) in [5.74, 6) is 1.01. The quantitative estimate of drug-likeness (QED) is 0.615. The van der Waals surface area contributed by atoms with Crippen molar-refractivity contribution in [3.05, 3.63) is 42.5 Å². The molecule has 0 aliphatic rings. The molecule has 4 heteroatoms. The van der Waals surface area contributed by atoms with Crippen LogP contribution in [0.2, 0.25) is 0 Å². The van der Waals surface area contributed by atoms with Gasteiger partial charge in [-0.25, -0.2) is 0 Å². The van der Waals surface area contributed by atoms with Crippen LogP contribution < -0.4 is 10.5 Å². The van der Waals surface area contributed by atoms with Crippen molar-refractivity contribution in [1.82, 2.24) is 4.98 Å². The predicted octanol–water partition coefficient (Wildman–Crippen LogP) is 3.13. The zero-order valence-corrected chi connectivity index (χ0v) is 10.5. The van der Waals surface area contributed by atoms with Gasteiger partial charge in [-0.2, -0.15) is 0 Å². The van der Waals surface area contributed by atoms with Crippen molar-refractivity contribution in [3.63, 3.8) is 0 Å². The Bertz CT molecular complexity index is 730. The highest BCUT2D eigenvalue weighted by Gasteiger charge is 2.10. The molecule has 0 saturated carbocycles. The van der Waals surface area contributed by atoms with E-state index in [0.717, 1.165) is 27.9 Å². The summed E-state index contributed by atoms with van der Waals surface area (Å²) in [6.07, 6.45) is 0. The number of phenols is 1. The van der Waals surface area contributed by atoms with E-state index in [2.05, 4.69) is 4.98 Å². The second kappa shape index (κ2) is 4.24. The molecule has 3 rings (SSSR count). The Labute approximate surface area is 110 Å². The molecule has 0 bridgehead atoms. The first-order valence-corrected chi connectivity index (χ1v) is 5.93. The third-order valence-corrected chi connectivity index (χ3v) is 3.19. The summed E-state index contributed by atoms with van der Waals surface area (Å²) in [6.45, 7) is 0. The summed E-state index contributed by atoms with van der Waals surface area (Å²) >= 11 is 0. The molecule has 0 saturated heterocycles. The average molecular weight is 254 g/mol. The minimum Gasteiger partial charge on any atom is -0.508 e. The zero-order chi connectivity index (χ0) is 13.4. The van der Waals surface area contributed by atoms with E-state index in [4.69, 9.17) is 10.5 Å². The van der Waals surface area contributed by atoms with Gasteiger partial charge in [-0.15, -0.1) is 0 Å². The van der Waals surface area contributed by atoms with Gasteiger partial charge in [0, 0.05) is 16.8 Å². The molecule has 0 fully saturated rings. The lowest BCUT2D eigenvalue weighted by molar-refractivity contribution is 0.419. The van der Waals surface area contributed by atoms with Crippen molar-refractivity contribution in [2.45, 2.75) is 0 Å². The average Bonchev–Trinajstić information content (AvgIpc) is 2.86. The van der Waals surface area contributed by atoms with Crippen LogP contribution in [0.3, 0.4) is 0 Å². The van der Waals surface area contributed by atoms with Crippen molar-refractivity contribution in [2.24, 2.45) is 0 Å². The molecule has 2 aromatic carbocycles. The summed E-state index contributed by atoms with van der Waals surface area (Å²) in [5, 5.41) is 10.3. The molecule has 0 atom stereocenters. The Morgan fingerprint density at radius 3 is 2.53 bits per heavy atom. The summed E-state index contributed by atoms with van der Waals surface area (Å²) in [6, 6.07) is 12.7. The molecule has 0 radical (unpaired) electrons. The van der Waals surface area contributed by atoms with Gasteiger partial charge in [-0.05, 0) is 48.0 Å². The molecule has 0 aliphatic heterocycles. The smallest absolute Gasteiger partial charge is 0.143 e. The zero-order valence-electron chi connectivity index (χ0n) is 10.5. The van der Waals surface area contributed by atoms with Crippen LogP contribution in [-0.4, -0.2) is 17.2 Å². The highest BCUT2D eigenvalue weighted by Crippen LogP contribution is 2.33. The van der Waals surface area contributed by atoms with E-state index in [-0.39, 0.29) is 5.75 Å². The summed E-state index contributed by atoms with van der Waals surface area (Å²) in [4.78, 5) is 3.31. The Hall–Kier alpha value is -2.62. The fourth-order valence-corrected chi connectivity index (χ4v) is 2.18. The van der Waals surface area contributed by atoms with Crippen LogP contribution in [0.5, 0.6) is 11.5 Å². The van der Waals surface area contributed by atoms with Gasteiger partial charge in [-0.3, -0.25) is 0 Å². The number of rotatable bonds is 2. The Morgan fingerprint density at radius 2 is 1.84 bits per heavy atom. The van der Waals surface area contributed by atoms with E-state index in [1.54, 1.807) is 19.2 Å². The number of nitrogens with one attached hydrogen (secondary N) is 1. The summed E-state index contributed by atoms with van der Waals surface area (Å²) in [5.41, 5.74) is 9.48. The number of benzene rings is 2. The summed E-state index contributed by atoms with van der Waals surface area (Å²) in [7, 11) is 1.63. The number of phenolic OH excluding ortho intramolecular Hbond substituents is 1. The van der Waals surface area contributed by atoms with Crippen LogP contribution in [0.15, 0.2) is 42.5 Å². The van der Waals surface area contributed by atoms with Crippen molar-refractivity contribution >= 4 is 16.6 Å². The number of methoxy groups -OCH3 is 1. The number of nitrogen functional groups attached to an aromatic ring is 1. The number of aromatic hydroxyl groups is 1. The molecule has 4 nitrogen and oxygen atoms in total. The largest absolute Gasteiger partial charge is 0.508 e. The number of aromatic nitrogens is 1. The van der Waals surface area contributed by atoms with E-state index in [9.17, 15) is 5.11 Å². The number of fused-ring (bicyclic) bond motifs is 1. The van der Waals surface area contributed by atoms with Crippen LogP contribution in [0.4, 0.5) is 5.69 Å². The third kappa shape index (κ3) is 1.87. The SMILES string of the molecule is COc1ccc(N)c2cc(-c3ccc(O)cc3)[nH]c12. The van der Waals surface area contributed by atoms with E-state index >= 15 is 0 Å². The maximum Gasteiger partial charge on any atom is 0.143 e. The number of H-pyrrole nitrogens is 1. The number of ether oxygens (including phenoxy) is 1. The number of nitrogens with two attached hydrogens (primary N) is 1. The van der Waals surface area contributed by atoms with Crippen molar-refractivity contribution in [3.8, 4) is 22.8 Å². The second-order valence-corrected chi connectivity index (χ2v) is 4.38. The Balaban J connectivity index is 2.21.